The Morgan fingerprint density at radius 1 is 1.32 bits per heavy atom. The van der Waals surface area contributed by atoms with E-state index in [4.69, 9.17) is 11.6 Å². The molecule has 0 saturated heterocycles. The van der Waals surface area contributed by atoms with Gasteiger partial charge in [0.25, 0.3) is 0 Å². The van der Waals surface area contributed by atoms with E-state index in [1.807, 2.05) is 26.0 Å². The molecule has 2 rings (SSSR count). The number of hydrogen-bond acceptors (Lipinski definition) is 3. The zero-order chi connectivity index (χ0) is 16.3. The number of nitrogens with one attached hydrogen (secondary N) is 1. The zero-order valence-electron chi connectivity index (χ0n) is 12.9. The van der Waals surface area contributed by atoms with Gasteiger partial charge in [-0.05, 0) is 74.4 Å². The van der Waals surface area contributed by atoms with Crippen molar-refractivity contribution >= 4 is 24.1 Å². The number of carbonyl (C=O) groups is 1. The Bertz CT molecular complexity index is 567. The van der Waals surface area contributed by atoms with E-state index in [-0.39, 0.29) is 11.9 Å². The minimum atomic E-state index is -0.792. The van der Waals surface area contributed by atoms with Crippen LogP contribution in [-0.4, -0.2) is 28.3 Å². The number of aliphatic hydroxyl groups excluding tert-OH is 2. The number of halogens is 1. The second-order valence-electron chi connectivity index (χ2n) is 6.06. The normalized spacial score (nSPS) is 25.8. The predicted octanol–water partition coefficient (Wildman–Crippen LogP) is 3.28. The van der Waals surface area contributed by atoms with Crippen molar-refractivity contribution in [3.8, 4) is 0 Å². The number of hydrogen-bond donors (Lipinski definition) is 3. The Labute approximate surface area is 135 Å². The molecule has 120 valence electrons. The van der Waals surface area contributed by atoms with Crippen LogP contribution in [0.4, 0.5) is 0 Å². The molecule has 1 fully saturated rings. The lowest BCUT2D eigenvalue weighted by molar-refractivity contribution is -0.111. The fraction of sp³-hybridized carbons (Fsp3) is 0.471. The van der Waals surface area contributed by atoms with Crippen molar-refractivity contribution in [2.45, 2.75) is 51.2 Å². The number of aliphatic hydroxyl groups is 2. The SMILES string of the molecule is Cc1cc(Cl)cc(C)c1/C=C(\O)[C@]1(NC=O)CC[C@@H](O)CC1. The largest absolute Gasteiger partial charge is 0.510 e. The maximum Gasteiger partial charge on any atom is 0.207 e. The molecule has 0 atom stereocenters. The van der Waals surface area contributed by atoms with Crippen molar-refractivity contribution in [2.24, 2.45) is 0 Å². The highest BCUT2D eigenvalue weighted by molar-refractivity contribution is 6.30. The maximum atomic E-state index is 11.0. The number of carbonyl (C=O) groups excluding carboxylic acids is 1. The molecule has 1 aliphatic rings. The molecule has 22 heavy (non-hydrogen) atoms. The summed E-state index contributed by atoms with van der Waals surface area (Å²) in [6.07, 6.45) is 4.09. The molecule has 0 bridgehead atoms. The Morgan fingerprint density at radius 2 is 1.86 bits per heavy atom. The summed E-state index contributed by atoms with van der Waals surface area (Å²) in [5.74, 6) is 0.125. The lowest BCUT2D eigenvalue weighted by Gasteiger charge is -2.38. The predicted molar refractivity (Wildman–Crippen MR) is 87.9 cm³/mol. The first-order chi connectivity index (χ1) is 10.4. The van der Waals surface area contributed by atoms with Crippen LogP contribution in [0, 0.1) is 13.8 Å². The Hall–Kier alpha value is -1.52. The quantitative estimate of drug-likeness (QED) is 0.588. The number of amides is 1. The van der Waals surface area contributed by atoms with Gasteiger partial charge in [0.1, 0.15) is 5.76 Å². The topological polar surface area (TPSA) is 69.6 Å². The molecule has 1 aromatic rings. The molecule has 1 aromatic carbocycles. The standard InChI is InChI=1S/C17H22ClNO3/c1-11-7-13(18)8-12(2)15(11)9-16(22)17(19-10-20)5-3-14(21)4-6-17/h7-10,14,21-22H,3-6H2,1-2H3,(H,19,20)/b16-9-/t14-,17+. The zero-order valence-corrected chi connectivity index (χ0v) is 13.7. The van der Waals surface area contributed by atoms with Crippen molar-refractivity contribution < 1.29 is 15.0 Å². The van der Waals surface area contributed by atoms with Crippen LogP contribution >= 0.6 is 11.6 Å². The molecule has 1 saturated carbocycles. The summed E-state index contributed by atoms with van der Waals surface area (Å²) in [7, 11) is 0. The van der Waals surface area contributed by atoms with Gasteiger partial charge in [-0.1, -0.05) is 11.6 Å². The highest BCUT2D eigenvalue weighted by atomic mass is 35.5. The monoisotopic (exact) mass is 323 g/mol. The van der Waals surface area contributed by atoms with Crippen molar-refractivity contribution in [3.05, 3.63) is 39.6 Å². The van der Waals surface area contributed by atoms with Gasteiger partial charge in [0.15, 0.2) is 0 Å². The molecule has 0 aromatic heterocycles. The Balaban J connectivity index is 2.39. The number of benzene rings is 1. The summed E-state index contributed by atoms with van der Waals surface area (Å²) in [5, 5.41) is 23.7. The molecule has 0 heterocycles. The first-order valence-corrected chi connectivity index (χ1v) is 7.83. The van der Waals surface area contributed by atoms with Gasteiger partial charge in [0.2, 0.25) is 6.41 Å². The first kappa shape index (κ1) is 16.8. The van der Waals surface area contributed by atoms with E-state index < -0.39 is 5.54 Å². The van der Waals surface area contributed by atoms with Crippen LogP contribution in [0.5, 0.6) is 0 Å². The Morgan fingerprint density at radius 3 is 2.36 bits per heavy atom. The van der Waals surface area contributed by atoms with Crippen LogP contribution in [0.25, 0.3) is 6.08 Å². The van der Waals surface area contributed by atoms with Crippen LogP contribution in [-0.2, 0) is 4.79 Å². The molecule has 0 aliphatic heterocycles. The lowest BCUT2D eigenvalue weighted by Crippen LogP contribution is -2.49. The molecule has 3 N–H and O–H groups in total. The highest BCUT2D eigenvalue weighted by Crippen LogP contribution is 2.35. The van der Waals surface area contributed by atoms with Crippen LogP contribution in [0.15, 0.2) is 17.9 Å². The van der Waals surface area contributed by atoms with Gasteiger partial charge in [-0.15, -0.1) is 0 Å². The van der Waals surface area contributed by atoms with E-state index in [1.54, 1.807) is 6.08 Å². The minimum absolute atomic E-state index is 0.125. The summed E-state index contributed by atoms with van der Waals surface area (Å²) in [4.78, 5) is 11.0. The first-order valence-electron chi connectivity index (χ1n) is 7.45. The van der Waals surface area contributed by atoms with Crippen LogP contribution in [0.2, 0.25) is 5.02 Å². The lowest BCUT2D eigenvalue weighted by atomic mass is 9.78. The van der Waals surface area contributed by atoms with Gasteiger partial charge in [0, 0.05) is 5.02 Å². The average molecular weight is 324 g/mol. The van der Waals surface area contributed by atoms with E-state index in [2.05, 4.69) is 5.32 Å². The summed E-state index contributed by atoms with van der Waals surface area (Å²) < 4.78 is 0. The minimum Gasteiger partial charge on any atom is -0.510 e. The van der Waals surface area contributed by atoms with E-state index in [9.17, 15) is 15.0 Å². The number of rotatable bonds is 4. The smallest absolute Gasteiger partial charge is 0.207 e. The molecule has 1 amide bonds. The molecule has 0 spiro atoms. The average Bonchev–Trinajstić information content (AvgIpc) is 2.45. The third kappa shape index (κ3) is 3.45. The molecule has 0 unspecified atom stereocenters. The van der Waals surface area contributed by atoms with Crippen LogP contribution < -0.4 is 5.32 Å². The van der Waals surface area contributed by atoms with Crippen molar-refractivity contribution in [1.29, 1.82) is 0 Å². The maximum absolute atomic E-state index is 11.0. The van der Waals surface area contributed by atoms with Gasteiger partial charge in [-0.25, -0.2) is 0 Å². The molecule has 4 nitrogen and oxygen atoms in total. The van der Waals surface area contributed by atoms with Gasteiger partial charge in [0.05, 0.1) is 11.6 Å². The van der Waals surface area contributed by atoms with Gasteiger partial charge < -0.3 is 15.5 Å². The van der Waals surface area contributed by atoms with Gasteiger partial charge in [-0.3, -0.25) is 4.79 Å². The third-order valence-corrected chi connectivity index (χ3v) is 4.69. The summed E-state index contributed by atoms with van der Waals surface area (Å²) in [5.41, 5.74) is 2.04. The van der Waals surface area contributed by atoms with E-state index in [0.29, 0.717) is 37.1 Å². The highest BCUT2D eigenvalue weighted by Gasteiger charge is 2.38. The number of aryl methyl sites for hydroxylation is 2. The fourth-order valence-electron chi connectivity index (χ4n) is 3.11. The van der Waals surface area contributed by atoms with Crippen molar-refractivity contribution in [3.63, 3.8) is 0 Å². The molecule has 1 aliphatic carbocycles. The Kier molecular flexibility index (Phi) is 5.14. The third-order valence-electron chi connectivity index (χ3n) is 4.47. The van der Waals surface area contributed by atoms with E-state index in [0.717, 1.165) is 16.7 Å². The van der Waals surface area contributed by atoms with Crippen molar-refractivity contribution in [1.82, 2.24) is 5.32 Å². The summed E-state index contributed by atoms with van der Waals surface area (Å²) >= 11 is 6.03. The molecule has 5 heteroatoms. The van der Waals surface area contributed by atoms with Crippen molar-refractivity contribution in [2.75, 3.05) is 0 Å². The molecule has 0 radical (unpaired) electrons. The van der Waals surface area contributed by atoms with Gasteiger partial charge >= 0.3 is 0 Å². The molecular formula is C17H22ClNO3. The second-order valence-corrected chi connectivity index (χ2v) is 6.49. The van der Waals surface area contributed by atoms with Crippen LogP contribution in [0.3, 0.4) is 0 Å². The molecular weight excluding hydrogens is 302 g/mol. The van der Waals surface area contributed by atoms with E-state index >= 15 is 0 Å². The van der Waals surface area contributed by atoms with Crippen LogP contribution in [0.1, 0.15) is 42.4 Å². The summed E-state index contributed by atoms with van der Waals surface area (Å²) in [6, 6.07) is 3.69. The van der Waals surface area contributed by atoms with E-state index in [1.165, 1.54) is 0 Å². The fourth-order valence-corrected chi connectivity index (χ4v) is 3.43. The van der Waals surface area contributed by atoms with Gasteiger partial charge in [-0.2, -0.15) is 0 Å². The summed E-state index contributed by atoms with van der Waals surface area (Å²) in [6.45, 7) is 3.87. The second kappa shape index (κ2) is 6.71.